The Labute approximate surface area is 92.7 Å². The predicted octanol–water partition coefficient (Wildman–Crippen LogP) is 2.19. The summed E-state index contributed by atoms with van der Waals surface area (Å²) in [4.78, 5) is 0. The van der Waals surface area contributed by atoms with Crippen molar-refractivity contribution in [3.8, 4) is 0 Å². The summed E-state index contributed by atoms with van der Waals surface area (Å²) in [6.45, 7) is 4.37. The van der Waals surface area contributed by atoms with Gasteiger partial charge in [0.1, 0.15) is 0 Å². The quantitative estimate of drug-likeness (QED) is 0.736. The van der Waals surface area contributed by atoms with E-state index in [0.717, 1.165) is 37.5 Å². The first-order chi connectivity index (χ1) is 7.10. The van der Waals surface area contributed by atoms with Gasteiger partial charge in [0, 0.05) is 0 Å². The Balaban J connectivity index is 2.19. The third-order valence-corrected chi connectivity index (χ3v) is 4.82. The lowest BCUT2D eigenvalue weighted by molar-refractivity contribution is -0.156. The fourth-order valence-corrected chi connectivity index (χ4v) is 4.06. The van der Waals surface area contributed by atoms with E-state index in [-0.39, 0.29) is 6.61 Å². The Bertz CT molecular complexity index is 227. The number of hydrogen-bond acceptors (Lipinski definition) is 2. The van der Waals surface area contributed by atoms with Crippen molar-refractivity contribution < 1.29 is 10.2 Å². The molecule has 0 aromatic rings. The standard InChI is InChI=1S/C13H24O2/c1-3-11-6-10-4-9(2)5-12(7-10)13(11,15)8-14/h9-12,14-15H,3-8H2,1-2H3. The molecule has 5 atom stereocenters. The van der Waals surface area contributed by atoms with Gasteiger partial charge in [0.2, 0.25) is 0 Å². The van der Waals surface area contributed by atoms with Gasteiger partial charge in [-0.05, 0) is 49.4 Å². The van der Waals surface area contributed by atoms with E-state index in [1.54, 1.807) is 0 Å². The van der Waals surface area contributed by atoms with Gasteiger partial charge in [0.05, 0.1) is 12.2 Å². The van der Waals surface area contributed by atoms with Crippen molar-refractivity contribution in [3.05, 3.63) is 0 Å². The Morgan fingerprint density at radius 3 is 2.53 bits per heavy atom. The van der Waals surface area contributed by atoms with Crippen molar-refractivity contribution >= 4 is 0 Å². The highest BCUT2D eigenvalue weighted by Crippen LogP contribution is 2.50. The molecule has 0 amide bonds. The van der Waals surface area contributed by atoms with Crippen LogP contribution in [0.2, 0.25) is 0 Å². The van der Waals surface area contributed by atoms with Gasteiger partial charge in [-0.2, -0.15) is 0 Å². The van der Waals surface area contributed by atoms with E-state index >= 15 is 0 Å². The van der Waals surface area contributed by atoms with Crippen LogP contribution >= 0.6 is 0 Å². The first-order valence-electron chi connectivity index (χ1n) is 6.43. The third-order valence-electron chi connectivity index (χ3n) is 4.82. The molecule has 0 radical (unpaired) electrons. The summed E-state index contributed by atoms with van der Waals surface area (Å²) >= 11 is 0. The molecule has 0 saturated heterocycles. The maximum absolute atomic E-state index is 10.6. The van der Waals surface area contributed by atoms with Gasteiger partial charge < -0.3 is 10.2 Å². The SMILES string of the molecule is CCC1CC2CC(C)CC(C2)C1(O)CO. The molecule has 2 bridgehead atoms. The van der Waals surface area contributed by atoms with E-state index in [2.05, 4.69) is 13.8 Å². The van der Waals surface area contributed by atoms with Gasteiger partial charge in [-0.1, -0.05) is 20.3 Å². The van der Waals surface area contributed by atoms with Gasteiger partial charge in [0.25, 0.3) is 0 Å². The van der Waals surface area contributed by atoms with Crippen LogP contribution in [0, 0.1) is 23.7 Å². The maximum Gasteiger partial charge on any atom is 0.0933 e. The molecule has 88 valence electrons. The van der Waals surface area contributed by atoms with Gasteiger partial charge in [-0.3, -0.25) is 0 Å². The van der Waals surface area contributed by atoms with Crippen molar-refractivity contribution in [1.29, 1.82) is 0 Å². The third kappa shape index (κ3) is 1.83. The molecule has 0 heterocycles. The average Bonchev–Trinajstić information content (AvgIpc) is 2.23. The molecule has 2 heteroatoms. The highest BCUT2D eigenvalue weighted by atomic mass is 16.3. The van der Waals surface area contributed by atoms with Crippen molar-refractivity contribution in [3.63, 3.8) is 0 Å². The van der Waals surface area contributed by atoms with Crippen LogP contribution in [0.25, 0.3) is 0 Å². The Morgan fingerprint density at radius 2 is 1.93 bits per heavy atom. The topological polar surface area (TPSA) is 40.5 Å². The lowest BCUT2D eigenvalue weighted by atomic mass is 9.57. The molecule has 2 fully saturated rings. The van der Waals surface area contributed by atoms with E-state index in [9.17, 15) is 10.2 Å². The maximum atomic E-state index is 10.6. The molecular formula is C13H24O2. The average molecular weight is 212 g/mol. The van der Waals surface area contributed by atoms with Crippen molar-refractivity contribution in [2.24, 2.45) is 23.7 Å². The van der Waals surface area contributed by atoms with E-state index < -0.39 is 5.60 Å². The normalized spacial score (nSPS) is 50.4. The highest BCUT2D eigenvalue weighted by Gasteiger charge is 2.50. The fourth-order valence-electron chi connectivity index (χ4n) is 4.06. The fraction of sp³-hybridized carbons (Fsp3) is 1.00. The molecule has 2 nitrogen and oxygen atoms in total. The zero-order valence-corrected chi connectivity index (χ0v) is 9.95. The van der Waals surface area contributed by atoms with E-state index in [1.165, 1.54) is 6.42 Å². The van der Waals surface area contributed by atoms with Crippen LogP contribution in [-0.2, 0) is 0 Å². The van der Waals surface area contributed by atoms with Crippen LogP contribution in [0.15, 0.2) is 0 Å². The number of aliphatic hydroxyl groups is 2. The molecule has 2 aliphatic rings. The summed E-state index contributed by atoms with van der Waals surface area (Å²) in [6, 6.07) is 0. The minimum atomic E-state index is -0.778. The lowest BCUT2D eigenvalue weighted by Crippen LogP contribution is -2.54. The predicted molar refractivity (Wildman–Crippen MR) is 60.4 cm³/mol. The molecule has 0 aromatic heterocycles. The van der Waals surface area contributed by atoms with Gasteiger partial charge >= 0.3 is 0 Å². The second-order valence-corrected chi connectivity index (χ2v) is 5.87. The Kier molecular flexibility index (Phi) is 3.09. The van der Waals surface area contributed by atoms with E-state index in [1.807, 2.05) is 0 Å². The zero-order valence-electron chi connectivity index (χ0n) is 9.95. The minimum Gasteiger partial charge on any atom is -0.393 e. The summed E-state index contributed by atoms with van der Waals surface area (Å²) in [5, 5.41) is 20.1. The minimum absolute atomic E-state index is 0.0460. The molecular weight excluding hydrogens is 188 g/mol. The number of aliphatic hydroxyl groups excluding tert-OH is 1. The van der Waals surface area contributed by atoms with Crippen LogP contribution in [0.3, 0.4) is 0 Å². The first kappa shape index (κ1) is 11.4. The van der Waals surface area contributed by atoms with Gasteiger partial charge in [0.15, 0.2) is 0 Å². The largest absolute Gasteiger partial charge is 0.393 e. The summed E-state index contributed by atoms with van der Waals surface area (Å²) < 4.78 is 0. The second kappa shape index (κ2) is 4.06. The summed E-state index contributed by atoms with van der Waals surface area (Å²) in [6.07, 6.45) is 5.68. The van der Waals surface area contributed by atoms with Crippen LogP contribution in [-0.4, -0.2) is 22.4 Å². The summed E-state index contributed by atoms with van der Waals surface area (Å²) in [7, 11) is 0. The van der Waals surface area contributed by atoms with E-state index in [0.29, 0.717) is 11.8 Å². The van der Waals surface area contributed by atoms with Gasteiger partial charge in [-0.15, -0.1) is 0 Å². The molecule has 5 unspecified atom stereocenters. The Hall–Kier alpha value is -0.0800. The molecule has 0 aliphatic heterocycles. The first-order valence-corrected chi connectivity index (χ1v) is 6.43. The van der Waals surface area contributed by atoms with E-state index in [4.69, 9.17) is 0 Å². The van der Waals surface area contributed by atoms with Crippen LogP contribution < -0.4 is 0 Å². The molecule has 2 rings (SSSR count). The number of rotatable bonds is 2. The summed E-state index contributed by atoms with van der Waals surface area (Å²) in [5.41, 5.74) is -0.778. The molecule has 0 spiro atoms. The molecule has 2 saturated carbocycles. The number of hydrogen-bond donors (Lipinski definition) is 2. The molecule has 0 aromatic carbocycles. The highest BCUT2D eigenvalue weighted by molar-refractivity contribution is 5.00. The van der Waals surface area contributed by atoms with Crippen LogP contribution in [0.4, 0.5) is 0 Å². The van der Waals surface area contributed by atoms with Crippen molar-refractivity contribution in [2.75, 3.05) is 6.61 Å². The zero-order chi connectivity index (χ0) is 11.1. The second-order valence-electron chi connectivity index (χ2n) is 5.87. The van der Waals surface area contributed by atoms with Crippen molar-refractivity contribution in [2.45, 2.75) is 51.6 Å². The van der Waals surface area contributed by atoms with Crippen molar-refractivity contribution in [1.82, 2.24) is 0 Å². The lowest BCUT2D eigenvalue weighted by Gasteiger charge is -2.52. The monoisotopic (exact) mass is 212 g/mol. The molecule has 2 aliphatic carbocycles. The molecule has 2 N–H and O–H groups in total. The Morgan fingerprint density at radius 1 is 1.20 bits per heavy atom. The smallest absolute Gasteiger partial charge is 0.0933 e. The van der Waals surface area contributed by atoms with Gasteiger partial charge in [-0.25, -0.2) is 0 Å². The molecule has 15 heavy (non-hydrogen) atoms. The van der Waals surface area contributed by atoms with Crippen LogP contribution in [0.5, 0.6) is 0 Å². The number of fused-ring (bicyclic) bond motifs is 2. The van der Waals surface area contributed by atoms with Crippen LogP contribution in [0.1, 0.15) is 46.0 Å². The summed E-state index contributed by atoms with van der Waals surface area (Å²) in [5.74, 6) is 2.19.